The molecule has 0 radical (unpaired) electrons. The molecule has 5 nitrogen and oxygen atoms in total. The van der Waals surface area contributed by atoms with Gasteiger partial charge in [0.05, 0.1) is 6.10 Å². The fourth-order valence-electron chi connectivity index (χ4n) is 2.19. The number of esters is 1. The molecule has 1 unspecified atom stereocenters. The van der Waals surface area contributed by atoms with Crippen LogP contribution in [0.25, 0.3) is 0 Å². The molecule has 0 spiro atoms. The maximum Gasteiger partial charge on any atom is 0.326 e. The quantitative estimate of drug-likeness (QED) is 0.735. The molecule has 0 amide bonds. The summed E-state index contributed by atoms with van der Waals surface area (Å²) in [7, 11) is 0. The number of carbonyl (C=O) groups is 1. The van der Waals surface area contributed by atoms with E-state index in [9.17, 15) is 4.79 Å². The van der Waals surface area contributed by atoms with E-state index >= 15 is 0 Å². The molecular formula is C12H21NO4. The summed E-state index contributed by atoms with van der Waals surface area (Å²) in [6.45, 7) is 2.17. The molecule has 2 aliphatic rings. The molecule has 0 bridgehead atoms. The van der Waals surface area contributed by atoms with E-state index in [0.717, 1.165) is 25.9 Å². The zero-order valence-corrected chi connectivity index (χ0v) is 10.2. The lowest BCUT2D eigenvalue weighted by Gasteiger charge is -2.31. The Balaban J connectivity index is 1.75. The topological polar surface area (TPSA) is 70.8 Å². The first-order valence-corrected chi connectivity index (χ1v) is 6.36. The Hall–Kier alpha value is -0.650. The van der Waals surface area contributed by atoms with Gasteiger partial charge in [-0.1, -0.05) is 0 Å². The third kappa shape index (κ3) is 3.40. The molecule has 2 heterocycles. The SMILES string of the molecule is NC1(C(=O)OCC2CCCCO2)CCOCC1. The molecule has 2 rings (SSSR count). The van der Waals surface area contributed by atoms with E-state index in [1.807, 2.05) is 0 Å². The monoisotopic (exact) mass is 243 g/mol. The normalized spacial score (nSPS) is 28.6. The van der Waals surface area contributed by atoms with Crippen molar-refractivity contribution >= 4 is 5.97 Å². The molecule has 2 fully saturated rings. The Morgan fingerprint density at radius 3 is 2.71 bits per heavy atom. The summed E-state index contributed by atoms with van der Waals surface area (Å²) in [6.07, 6.45) is 4.34. The number of hydrogen-bond acceptors (Lipinski definition) is 5. The first-order chi connectivity index (χ1) is 8.21. The van der Waals surface area contributed by atoms with Crippen LogP contribution in [0.1, 0.15) is 32.1 Å². The molecular weight excluding hydrogens is 222 g/mol. The van der Waals surface area contributed by atoms with Crippen LogP contribution in [-0.4, -0.2) is 44.0 Å². The molecule has 0 aromatic carbocycles. The Morgan fingerprint density at radius 2 is 2.06 bits per heavy atom. The van der Waals surface area contributed by atoms with E-state index in [2.05, 4.69) is 0 Å². The van der Waals surface area contributed by atoms with Gasteiger partial charge in [0.15, 0.2) is 0 Å². The van der Waals surface area contributed by atoms with E-state index < -0.39 is 5.54 Å². The second kappa shape index (κ2) is 5.80. The number of carbonyl (C=O) groups excluding carboxylic acids is 1. The average molecular weight is 243 g/mol. The molecule has 1 atom stereocenters. The van der Waals surface area contributed by atoms with Crippen LogP contribution in [-0.2, 0) is 19.0 Å². The van der Waals surface area contributed by atoms with Crippen molar-refractivity contribution in [3.8, 4) is 0 Å². The van der Waals surface area contributed by atoms with Crippen LogP contribution in [0.5, 0.6) is 0 Å². The minimum atomic E-state index is -0.854. The Kier molecular flexibility index (Phi) is 4.36. The second-order valence-electron chi connectivity index (χ2n) is 4.86. The zero-order chi connectivity index (χ0) is 12.1. The van der Waals surface area contributed by atoms with Gasteiger partial charge in [0.1, 0.15) is 12.1 Å². The van der Waals surface area contributed by atoms with Gasteiger partial charge < -0.3 is 19.9 Å². The highest BCUT2D eigenvalue weighted by Gasteiger charge is 2.37. The lowest BCUT2D eigenvalue weighted by molar-refractivity contribution is -0.159. The van der Waals surface area contributed by atoms with Gasteiger partial charge in [-0.05, 0) is 32.1 Å². The zero-order valence-electron chi connectivity index (χ0n) is 10.2. The minimum Gasteiger partial charge on any atom is -0.462 e. The molecule has 5 heteroatoms. The summed E-state index contributed by atoms with van der Waals surface area (Å²) in [5.41, 5.74) is 5.17. The molecule has 0 aromatic rings. The maximum atomic E-state index is 11.9. The van der Waals surface area contributed by atoms with Crippen molar-refractivity contribution in [2.75, 3.05) is 26.4 Å². The van der Waals surface area contributed by atoms with Gasteiger partial charge >= 0.3 is 5.97 Å². The standard InChI is InChI=1S/C12H21NO4/c13-12(4-7-15-8-5-12)11(14)17-9-10-3-1-2-6-16-10/h10H,1-9,13H2. The van der Waals surface area contributed by atoms with Crippen LogP contribution in [0.3, 0.4) is 0 Å². The smallest absolute Gasteiger partial charge is 0.326 e. The Labute approximate surface area is 102 Å². The molecule has 98 valence electrons. The van der Waals surface area contributed by atoms with E-state index in [1.54, 1.807) is 0 Å². The number of ether oxygens (including phenoxy) is 3. The molecule has 0 aromatic heterocycles. The van der Waals surface area contributed by atoms with E-state index in [-0.39, 0.29) is 12.1 Å². The summed E-state index contributed by atoms with van der Waals surface area (Å²) >= 11 is 0. The summed E-state index contributed by atoms with van der Waals surface area (Å²) in [5, 5.41) is 0. The molecule has 2 N–H and O–H groups in total. The van der Waals surface area contributed by atoms with Crippen LogP contribution in [0.15, 0.2) is 0 Å². The van der Waals surface area contributed by atoms with Crippen molar-refractivity contribution in [1.82, 2.24) is 0 Å². The number of rotatable bonds is 3. The highest BCUT2D eigenvalue weighted by molar-refractivity contribution is 5.80. The summed E-state index contributed by atoms with van der Waals surface area (Å²) in [4.78, 5) is 11.9. The third-order valence-corrected chi connectivity index (χ3v) is 3.47. The molecule has 17 heavy (non-hydrogen) atoms. The molecule has 0 aliphatic carbocycles. The van der Waals surface area contributed by atoms with Crippen molar-refractivity contribution in [3.05, 3.63) is 0 Å². The van der Waals surface area contributed by atoms with Crippen LogP contribution in [0, 0.1) is 0 Å². The highest BCUT2D eigenvalue weighted by atomic mass is 16.6. The third-order valence-electron chi connectivity index (χ3n) is 3.47. The van der Waals surface area contributed by atoms with E-state index in [0.29, 0.717) is 32.7 Å². The lowest BCUT2D eigenvalue weighted by Crippen LogP contribution is -2.53. The van der Waals surface area contributed by atoms with Crippen LogP contribution < -0.4 is 5.73 Å². The first-order valence-electron chi connectivity index (χ1n) is 6.36. The van der Waals surface area contributed by atoms with Crippen molar-refractivity contribution in [2.24, 2.45) is 5.73 Å². The van der Waals surface area contributed by atoms with E-state index in [4.69, 9.17) is 19.9 Å². The van der Waals surface area contributed by atoms with Crippen molar-refractivity contribution < 1.29 is 19.0 Å². The van der Waals surface area contributed by atoms with E-state index in [1.165, 1.54) is 0 Å². The van der Waals surface area contributed by atoms with Gasteiger partial charge in [0.25, 0.3) is 0 Å². The largest absolute Gasteiger partial charge is 0.462 e. The predicted octanol–water partition coefficient (Wildman–Crippen LogP) is 0.607. The average Bonchev–Trinajstić information content (AvgIpc) is 2.38. The highest BCUT2D eigenvalue weighted by Crippen LogP contribution is 2.20. The summed E-state index contributed by atoms with van der Waals surface area (Å²) < 4.78 is 16.0. The minimum absolute atomic E-state index is 0.0520. The first kappa shape index (κ1) is 12.8. The molecule has 2 aliphatic heterocycles. The van der Waals surface area contributed by atoms with Crippen LogP contribution in [0.2, 0.25) is 0 Å². The van der Waals surface area contributed by atoms with Crippen LogP contribution in [0.4, 0.5) is 0 Å². The molecule has 2 saturated heterocycles. The van der Waals surface area contributed by atoms with Crippen molar-refractivity contribution in [1.29, 1.82) is 0 Å². The van der Waals surface area contributed by atoms with Crippen LogP contribution >= 0.6 is 0 Å². The lowest BCUT2D eigenvalue weighted by atomic mass is 9.91. The van der Waals surface area contributed by atoms with Gasteiger partial charge in [0, 0.05) is 19.8 Å². The fraction of sp³-hybridized carbons (Fsp3) is 0.917. The van der Waals surface area contributed by atoms with Gasteiger partial charge in [-0.25, -0.2) is 0 Å². The van der Waals surface area contributed by atoms with Gasteiger partial charge in [-0.15, -0.1) is 0 Å². The summed E-state index contributed by atoms with van der Waals surface area (Å²) in [5.74, 6) is -0.310. The number of hydrogen-bond donors (Lipinski definition) is 1. The Bertz CT molecular complexity index is 257. The van der Waals surface area contributed by atoms with Crippen molar-refractivity contribution in [3.63, 3.8) is 0 Å². The van der Waals surface area contributed by atoms with Crippen molar-refractivity contribution in [2.45, 2.75) is 43.7 Å². The predicted molar refractivity (Wildman–Crippen MR) is 61.5 cm³/mol. The Morgan fingerprint density at radius 1 is 1.29 bits per heavy atom. The summed E-state index contributed by atoms with van der Waals surface area (Å²) in [6, 6.07) is 0. The number of nitrogens with two attached hydrogens (primary N) is 1. The fourth-order valence-corrected chi connectivity index (χ4v) is 2.19. The molecule has 0 saturated carbocycles. The van der Waals surface area contributed by atoms with Gasteiger partial charge in [0.2, 0.25) is 0 Å². The maximum absolute atomic E-state index is 11.9. The van der Waals surface area contributed by atoms with Gasteiger partial charge in [-0.2, -0.15) is 0 Å². The van der Waals surface area contributed by atoms with Gasteiger partial charge in [-0.3, -0.25) is 4.79 Å². The second-order valence-corrected chi connectivity index (χ2v) is 4.86.